The largest absolute Gasteiger partial charge is 0.573 e. The van der Waals surface area contributed by atoms with E-state index in [1.165, 1.54) is 6.07 Å². The van der Waals surface area contributed by atoms with Crippen molar-refractivity contribution in [3.8, 4) is 23.1 Å². The molecule has 1 aromatic carbocycles. The normalized spacial score (nSPS) is 15.7. The fourth-order valence-corrected chi connectivity index (χ4v) is 3.74. The molecule has 3 heterocycles. The van der Waals surface area contributed by atoms with Crippen molar-refractivity contribution in [1.29, 1.82) is 5.26 Å². The van der Waals surface area contributed by atoms with Crippen LogP contribution < -0.4 is 10.1 Å². The first-order chi connectivity index (χ1) is 16.4. The smallest absolute Gasteiger partial charge is 0.406 e. The van der Waals surface area contributed by atoms with E-state index < -0.39 is 35.9 Å². The molecule has 0 saturated heterocycles. The van der Waals surface area contributed by atoms with Crippen molar-refractivity contribution in [3.05, 3.63) is 65.1 Å². The molecular formula is C22H15F6N5O2. The van der Waals surface area contributed by atoms with E-state index in [4.69, 9.17) is 5.26 Å². The maximum absolute atomic E-state index is 13.0. The topological polar surface area (TPSA) is 92.8 Å². The minimum atomic E-state index is -5.01. The molecule has 7 nitrogen and oxygen atoms in total. The third-order valence-electron chi connectivity index (χ3n) is 5.21. The maximum atomic E-state index is 13.0. The number of carbonyl (C=O) groups is 1. The van der Waals surface area contributed by atoms with Gasteiger partial charge in [-0.1, -0.05) is 0 Å². The van der Waals surface area contributed by atoms with Gasteiger partial charge in [0.15, 0.2) is 0 Å². The zero-order valence-corrected chi connectivity index (χ0v) is 17.6. The number of rotatable bonds is 4. The predicted molar refractivity (Wildman–Crippen MR) is 108 cm³/mol. The van der Waals surface area contributed by atoms with Crippen LogP contribution in [0.4, 0.5) is 26.3 Å². The Morgan fingerprint density at radius 2 is 1.91 bits per heavy atom. The number of hydrogen-bond donors (Lipinski definition) is 1. The zero-order valence-electron chi connectivity index (χ0n) is 17.6. The van der Waals surface area contributed by atoms with Gasteiger partial charge in [0.2, 0.25) is 0 Å². The Morgan fingerprint density at radius 3 is 2.60 bits per heavy atom. The predicted octanol–water partition coefficient (Wildman–Crippen LogP) is 5.00. The number of halogens is 6. The number of amides is 1. The van der Waals surface area contributed by atoms with Crippen LogP contribution in [0.25, 0.3) is 11.3 Å². The Kier molecular flexibility index (Phi) is 6.14. The van der Waals surface area contributed by atoms with Gasteiger partial charge in [-0.2, -0.15) is 23.5 Å². The van der Waals surface area contributed by atoms with Crippen LogP contribution in [0.2, 0.25) is 0 Å². The molecule has 35 heavy (non-hydrogen) atoms. The van der Waals surface area contributed by atoms with Crippen molar-refractivity contribution in [2.45, 2.75) is 38.0 Å². The van der Waals surface area contributed by atoms with Gasteiger partial charge < -0.3 is 10.1 Å². The zero-order chi connectivity index (χ0) is 25.4. The average molecular weight is 495 g/mol. The molecule has 3 aromatic rings. The van der Waals surface area contributed by atoms with Crippen LogP contribution in [0.3, 0.4) is 0 Å². The highest BCUT2D eigenvalue weighted by Gasteiger charge is 2.34. The first kappa shape index (κ1) is 24.1. The highest BCUT2D eigenvalue weighted by Crippen LogP contribution is 2.33. The van der Waals surface area contributed by atoms with Crippen LogP contribution in [0, 0.1) is 11.3 Å². The number of nitrogens with zero attached hydrogens (tertiary/aromatic N) is 4. The molecule has 1 N–H and O–H groups in total. The van der Waals surface area contributed by atoms with Crippen molar-refractivity contribution in [2.24, 2.45) is 0 Å². The molecule has 0 unspecified atom stereocenters. The van der Waals surface area contributed by atoms with Gasteiger partial charge in [0.25, 0.3) is 5.91 Å². The molecule has 182 valence electrons. The third-order valence-corrected chi connectivity index (χ3v) is 5.21. The van der Waals surface area contributed by atoms with Crippen molar-refractivity contribution in [1.82, 2.24) is 20.1 Å². The number of aromatic nitrogens is 3. The van der Waals surface area contributed by atoms with Crippen LogP contribution in [0.1, 0.15) is 46.2 Å². The lowest BCUT2D eigenvalue weighted by molar-refractivity contribution is -0.274. The summed E-state index contributed by atoms with van der Waals surface area (Å²) in [5.41, 5.74) is -0.528. The summed E-state index contributed by atoms with van der Waals surface area (Å²) in [6.45, 7) is 0.465. The Morgan fingerprint density at radius 1 is 1.14 bits per heavy atom. The molecule has 0 saturated carbocycles. The summed E-state index contributed by atoms with van der Waals surface area (Å²) >= 11 is 0. The number of benzene rings is 1. The number of carbonyl (C=O) groups excluding carboxylic acids is 1. The van der Waals surface area contributed by atoms with Gasteiger partial charge in [-0.05, 0) is 49.2 Å². The molecule has 0 spiro atoms. The van der Waals surface area contributed by atoms with Crippen LogP contribution >= 0.6 is 0 Å². The third kappa shape index (κ3) is 5.53. The van der Waals surface area contributed by atoms with Crippen molar-refractivity contribution < 1.29 is 35.9 Å². The second-order valence-electron chi connectivity index (χ2n) is 7.68. The summed E-state index contributed by atoms with van der Waals surface area (Å²) in [5, 5.41) is 16.1. The molecule has 0 radical (unpaired) electrons. The number of ether oxygens (including phenoxy) is 1. The highest BCUT2D eigenvalue weighted by molar-refractivity contribution is 5.95. The van der Waals surface area contributed by atoms with Crippen molar-refractivity contribution in [3.63, 3.8) is 0 Å². The number of nitriles is 1. The summed E-state index contributed by atoms with van der Waals surface area (Å²) in [6.07, 6.45) is -7.56. The number of hydrogen-bond acceptors (Lipinski definition) is 5. The van der Waals surface area contributed by atoms with Gasteiger partial charge >= 0.3 is 12.5 Å². The van der Waals surface area contributed by atoms with Crippen molar-refractivity contribution >= 4 is 5.91 Å². The van der Waals surface area contributed by atoms with E-state index >= 15 is 0 Å². The Balaban J connectivity index is 1.60. The molecule has 1 atom stereocenters. The Hall–Kier alpha value is -4.08. The standard InChI is InChI=1S/C22H15F6N5O2/c23-21(24,25)19-9-13(3-4-30-19)17-10-18-16(2-1-5-33(18)32-17)31-20(34)14-6-12(11-29)7-15(8-14)35-22(26,27)28/h3-4,6-10,16H,1-2,5H2,(H,31,34)/t16-/m1/s1. The van der Waals surface area contributed by atoms with Gasteiger partial charge in [-0.25, -0.2) is 0 Å². The number of aryl methyl sites for hydroxylation is 1. The molecule has 0 aliphatic carbocycles. The van der Waals surface area contributed by atoms with Gasteiger partial charge in [0, 0.05) is 23.9 Å². The molecule has 13 heteroatoms. The summed E-state index contributed by atoms with van der Waals surface area (Å²) in [6, 6.07) is 7.71. The molecule has 1 amide bonds. The van der Waals surface area contributed by atoms with E-state index in [0.717, 1.165) is 30.5 Å². The second-order valence-corrected chi connectivity index (χ2v) is 7.68. The Labute approximate surface area is 193 Å². The molecule has 1 aliphatic rings. The first-order valence-corrected chi connectivity index (χ1v) is 10.2. The highest BCUT2D eigenvalue weighted by atomic mass is 19.4. The Bertz CT molecular complexity index is 1310. The fourth-order valence-electron chi connectivity index (χ4n) is 3.74. The monoisotopic (exact) mass is 495 g/mol. The van der Waals surface area contributed by atoms with E-state index in [1.54, 1.807) is 16.8 Å². The van der Waals surface area contributed by atoms with Gasteiger partial charge in [0.1, 0.15) is 11.4 Å². The lowest BCUT2D eigenvalue weighted by Crippen LogP contribution is -2.32. The van der Waals surface area contributed by atoms with E-state index in [0.29, 0.717) is 25.1 Å². The minimum Gasteiger partial charge on any atom is -0.406 e. The molecular weight excluding hydrogens is 480 g/mol. The molecule has 2 aromatic heterocycles. The molecule has 0 fully saturated rings. The summed E-state index contributed by atoms with van der Waals surface area (Å²) in [7, 11) is 0. The van der Waals surface area contributed by atoms with Gasteiger partial charge in [-0.15, -0.1) is 13.2 Å². The number of fused-ring (bicyclic) bond motifs is 1. The van der Waals surface area contributed by atoms with E-state index in [1.807, 2.05) is 0 Å². The average Bonchev–Trinajstić information content (AvgIpc) is 3.22. The number of pyridine rings is 1. The van der Waals surface area contributed by atoms with E-state index in [-0.39, 0.29) is 22.4 Å². The lowest BCUT2D eigenvalue weighted by atomic mass is 10.0. The number of alkyl halides is 6. The maximum Gasteiger partial charge on any atom is 0.573 e. The summed E-state index contributed by atoms with van der Waals surface area (Å²) in [4.78, 5) is 16.1. The SMILES string of the molecule is N#Cc1cc(OC(F)(F)F)cc(C(=O)N[C@@H]2CCCn3nc(-c4ccnc(C(F)(F)F)c4)cc32)c1. The molecule has 4 rings (SSSR count). The first-order valence-electron chi connectivity index (χ1n) is 10.2. The van der Waals surface area contributed by atoms with Crippen LogP contribution in [0.15, 0.2) is 42.6 Å². The molecule has 0 bridgehead atoms. The van der Waals surface area contributed by atoms with Gasteiger partial charge in [0.05, 0.1) is 29.1 Å². The molecule has 1 aliphatic heterocycles. The quantitative estimate of drug-likeness (QED) is 0.515. The number of nitrogens with one attached hydrogen (secondary N) is 1. The van der Waals surface area contributed by atoms with Crippen LogP contribution in [-0.2, 0) is 12.7 Å². The van der Waals surface area contributed by atoms with E-state index in [9.17, 15) is 31.1 Å². The lowest BCUT2D eigenvalue weighted by Gasteiger charge is -2.24. The summed E-state index contributed by atoms with van der Waals surface area (Å²) < 4.78 is 82.3. The van der Waals surface area contributed by atoms with Crippen LogP contribution in [-0.4, -0.2) is 27.0 Å². The van der Waals surface area contributed by atoms with Crippen molar-refractivity contribution in [2.75, 3.05) is 0 Å². The van der Waals surface area contributed by atoms with Crippen LogP contribution in [0.5, 0.6) is 5.75 Å². The van der Waals surface area contributed by atoms with Gasteiger partial charge in [-0.3, -0.25) is 14.5 Å². The second kappa shape index (κ2) is 8.94. The fraction of sp³-hybridized carbons (Fsp3) is 0.273. The van der Waals surface area contributed by atoms with E-state index in [2.05, 4.69) is 20.1 Å². The summed E-state index contributed by atoms with van der Waals surface area (Å²) in [5.74, 6) is -1.46. The minimum absolute atomic E-state index is 0.190.